The van der Waals surface area contributed by atoms with Gasteiger partial charge in [0.2, 0.25) is 0 Å². The highest BCUT2D eigenvalue weighted by atomic mass is 16.5. The summed E-state index contributed by atoms with van der Waals surface area (Å²) in [5.74, 6) is 0.604. The Bertz CT molecular complexity index is 583. The summed E-state index contributed by atoms with van der Waals surface area (Å²) in [6.07, 6.45) is 6.62. The van der Waals surface area contributed by atoms with E-state index < -0.39 is 0 Å². The third kappa shape index (κ3) is 6.25. The lowest BCUT2D eigenvalue weighted by atomic mass is 9.87. The van der Waals surface area contributed by atoms with Crippen LogP contribution in [0.5, 0.6) is 11.5 Å². The number of carbonyl (C=O) groups is 2. The average Bonchev–Trinajstić information content (AvgIpc) is 2.62. The lowest BCUT2D eigenvalue weighted by Crippen LogP contribution is -2.29. The Morgan fingerprint density at radius 1 is 1.08 bits per heavy atom. The van der Waals surface area contributed by atoms with Crippen molar-refractivity contribution in [3.05, 3.63) is 36.4 Å². The van der Waals surface area contributed by atoms with Crippen LogP contribution < -0.4 is 9.47 Å². The molecule has 25 heavy (non-hydrogen) atoms. The van der Waals surface area contributed by atoms with Gasteiger partial charge in [0, 0.05) is 6.08 Å². The number of carbonyl (C=O) groups excluding carboxylic acids is 2. The van der Waals surface area contributed by atoms with Gasteiger partial charge >= 0.3 is 11.9 Å². The van der Waals surface area contributed by atoms with Crippen molar-refractivity contribution in [3.63, 3.8) is 0 Å². The summed E-state index contributed by atoms with van der Waals surface area (Å²) < 4.78 is 16.3. The molecule has 0 aliphatic heterocycles. The standard InChI is InChI=1S/C20H26O5/c1-3-5-19(21)24-17-8-6-15(7-9-17)20(22)25-18-12-10-16(11-13-18)23-14-4-2/h3,5,10-13,15,17H,4,6-9,14H2,1-2H3/t15-,17-. The van der Waals surface area contributed by atoms with Crippen LogP contribution in [0.4, 0.5) is 0 Å². The maximum atomic E-state index is 12.3. The molecule has 2 rings (SSSR count). The van der Waals surface area contributed by atoms with Gasteiger partial charge in [0.25, 0.3) is 0 Å². The van der Waals surface area contributed by atoms with Crippen molar-refractivity contribution >= 4 is 11.9 Å². The highest BCUT2D eigenvalue weighted by Gasteiger charge is 2.29. The number of hydrogen-bond acceptors (Lipinski definition) is 5. The molecular weight excluding hydrogens is 320 g/mol. The lowest BCUT2D eigenvalue weighted by molar-refractivity contribution is -0.147. The molecule has 5 nitrogen and oxygen atoms in total. The van der Waals surface area contributed by atoms with E-state index in [1.54, 1.807) is 37.3 Å². The van der Waals surface area contributed by atoms with Crippen LogP contribution in [0.2, 0.25) is 0 Å². The van der Waals surface area contributed by atoms with Crippen molar-refractivity contribution in [1.29, 1.82) is 0 Å². The van der Waals surface area contributed by atoms with Crippen LogP contribution in [0, 0.1) is 5.92 Å². The first-order chi connectivity index (χ1) is 12.1. The third-order valence-electron chi connectivity index (χ3n) is 4.11. The van der Waals surface area contributed by atoms with E-state index >= 15 is 0 Å². The second kappa shape index (κ2) is 9.87. The van der Waals surface area contributed by atoms with E-state index in [9.17, 15) is 9.59 Å². The minimum Gasteiger partial charge on any atom is -0.494 e. The lowest BCUT2D eigenvalue weighted by Gasteiger charge is -2.26. The number of ether oxygens (including phenoxy) is 3. The van der Waals surface area contributed by atoms with Crippen LogP contribution in [-0.2, 0) is 14.3 Å². The van der Waals surface area contributed by atoms with E-state index in [0.717, 1.165) is 12.2 Å². The van der Waals surface area contributed by atoms with Gasteiger partial charge in [-0.3, -0.25) is 4.79 Å². The SMILES string of the molecule is CC=CC(=O)O[C@H]1CC[C@H](C(=O)Oc2ccc(OCCC)cc2)CC1. The van der Waals surface area contributed by atoms with E-state index in [-0.39, 0.29) is 24.0 Å². The van der Waals surface area contributed by atoms with Gasteiger partial charge in [0.15, 0.2) is 0 Å². The Morgan fingerprint density at radius 3 is 2.32 bits per heavy atom. The zero-order valence-electron chi connectivity index (χ0n) is 14.9. The molecule has 0 unspecified atom stereocenters. The molecule has 1 saturated carbocycles. The number of rotatable bonds is 7. The molecule has 0 aromatic heterocycles. The molecule has 1 aromatic rings. The first kappa shape index (κ1) is 19.0. The number of allylic oxidation sites excluding steroid dienone is 1. The van der Waals surface area contributed by atoms with Crippen LogP contribution >= 0.6 is 0 Å². The molecule has 1 fully saturated rings. The summed E-state index contributed by atoms with van der Waals surface area (Å²) >= 11 is 0. The van der Waals surface area contributed by atoms with Crippen LogP contribution in [0.1, 0.15) is 46.0 Å². The van der Waals surface area contributed by atoms with E-state index in [2.05, 4.69) is 0 Å². The van der Waals surface area contributed by atoms with Crippen LogP contribution in [0.3, 0.4) is 0 Å². The normalized spacial score (nSPS) is 20.2. The molecule has 1 aliphatic carbocycles. The van der Waals surface area contributed by atoms with Gasteiger partial charge < -0.3 is 14.2 Å². The summed E-state index contributed by atoms with van der Waals surface area (Å²) in [6.45, 7) is 4.49. The molecule has 0 spiro atoms. The van der Waals surface area contributed by atoms with Gasteiger partial charge in [-0.15, -0.1) is 0 Å². The Hall–Kier alpha value is -2.30. The summed E-state index contributed by atoms with van der Waals surface area (Å²) in [5, 5.41) is 0. The Kier molecular flexibility index (Phi) is 7.51. The van der Waals surface area contributed by atoms with E-state index in [0.29, 0.717) is 38.0 Å². The maximum absolute atomic E-state index is 12.3. The second-order valence-corrected chi connectivity index (χ2v) is 6.15. The summed E-state index contributed by atoms with van der Waals surface area (Å²) in [5.41, 5.74) is 0. The molecule has 1 aliphatic rings. The molecule has 0 amide bonds. The fourth-order valence-electron chi connectivity index (χ4n) is 2.78. The van der Waals surface area contributed by atoms with Crippen molar-refractivity contribution < 1.29 is 23.8 Å². The Morgan fingerprint density at radius 2 is 1.72 bits per heavy atom. The predicted octanol–water partition coefficient (Wildman–Crippen LogP) is 4.06. The van der Waals surface area contributed by atoms with E-state index in [1.165, 1.54) is 6.08 Å². The number of esters is 2. The predicted molar refractivity (Wildman–Crippen MR) is 94.5 cm³/mol. The highest BCUT2D eigenvalue weighted by molar-refractivity contribution is 5.82. The van der Waals surface area contributed by atoms with Crippen molar-refractivity contribution in [2.75, 3.05) is 6.61 Å². The topological polar surface area (TPSA) is 61.8 Å². The minimum atomic E-state index is -0.320. The smallest absolute Gasteiger partial charge is 0.330 e. The van der Waals surface area contributed by atoms with Crippen LogP contribution in [0.15, 0.2) is 36.4 Å². The maximum Gasteiger partial charge on any atom is 0.330 e. The molecule has 1 aromatic carbocycles. The molecule has 136 valence electrons. The second-order valence-electron chi connectivity index (χ2n) is 6.15. The zero-order valence-corrected chi connectivity index (χ0v) is 14.9. The van der Waals surface area contributed by atoms with Crippen LogP contribution in [0.25, 0.3) is 0 Å². The molecule has 0 N–H and O–H groups in total. The monoisotopic (exact) mass is 346 g/mol. The summed E-state index contributed by atoms with van der Waals surface area (Å²) in [4.78, 5) is 23.7. The minimum absolute atomic E-state index is 0.109. The summed E-state index contributed by atoms with van der Waals surface area (Å²) in [7, 11) is 0. The third-order valence-corrected chi connectivity index (χ3v) is 4.11. The van der Waals surface area contributed by atoms with Gasteiger partial charge in [0.05, 0.1) is 12.5 Å². The van der Waals surface area contributed by atoms with E-state index in [4.69, 9.17) is 14.2 Å². The van der Waals surface area contributed by atoms with Crippen molar-refractivity contribution in [2.24, 2.45) is 5.92 Å². The van der Waals surface area contributed by atoms with Crippen molar-refractivity contribution in [3.8, 4) is 11.5 Å². The molecule has 0 bridgehead atoms. The quantitative estimate of drug-likeness (QED) is 0.423. The summed E-state index contributed by atoms with van der Waals surface area (Å²) in [6, 6.07) is 7.09. The molecule has 0 radical (unpaired) electrons. The van der Waals surface area contributed by atoms with Gasteiger partial charge in [-0.25, -0.2) is 4.79 Å². The molecule has 0 atom stereocenters. The number of benzene rings is 1. The molecule has 5 heteroatoms. The Labute approximate surface area is 149 Å². The van der Waals surface area contributed by atoms with E-state index in [1.807, 2.05) is 6.92 Å². The average molecular weight is 346 g/mol. The number of hydrogen-bond donors (Lipinski definition) is 0. The van der Waals surface area contributed by atoms with Crippen molar-refractivity contribution in [2.45, 2.75) is 52.1 Å². The molecule has 0 saturated heterocycles. The van der Waals surface area contributed by atoms with Gasteiger partial charge in [-0.05, 0) is 63.3 Å². The fourth-order valence-corrected chi connectivity index (χ4v) is 2.78. The van der Waals surface area contributed by atoms with Gasteiger partial charge in [0.1, 0.15) is 17.6 Å². The highest BCUT2D eigenvalue weighted by Crippen LogP contribution is 2.28. The van der Waals surface area contributed by atoms with Crippen molar-refractivity contribution in [1.82, 2.24) is 0 Å². The fraction of sp³-hybridized carbons (Fsp3) is 0.500. The first-order valence-corrected chi connectivity index (χ1v) is 8.90. The van der Waals surface area contributed by atoms with Crippen LogP contribution in [-0.4, -0.2) is 24.6 Å². The van der Waals surface area contributed by atoms with Gasteiger partial charge in [-0.1, -0.05) is 13.0 Å². The Balaban J connectivity index is 1.77. The molecular formula is C20H26O5. The first-order valence-electron chi connectivity index (χ1n) is 8.90. The zero-order chi connectivity index (χ0) is 18.1. The van der Waals surface area contributed by atoms with Gasteiger partial charge in [-0.2, -0.15) is 0 Å². The largest absolute Gasteiger partial charge is 0.494 e. The molecule has 0 heterocycles.